The van der Waals surface area contributed by atoms with E-state index < -0.39 is 0 Å². The monoisotopic (exact) mass is 313 g/mol. The van der Waals surface area contributed by atoms with Crippen LogP contribution < -0.4 is 4.74 Å². The minimum Gasteiger partial charge on any atom is -0.491 e. The summed E-state index contributed by atoms with van der Waals surface area (Å²) in [5.41, 5.74) is 0.650. The lowest BCUT2D eigenvalue weighted by atomic mass is 10.2. The van der Waals surface area contributed by atoms with E-state index in [1.54, 1.807) is 11.0 Å². The first-order valence-electron chi connectivity index (χ1n) is 6.25. The number of halogens is 1. The number of carbonyl (C=O) groups excluding carboxylic acids is 1. The largest absolute Gasteiger partial charge is 0.491 e. The Bertz CT molecular complexity index is 414. The van der Waals surface area contributed by atoms with Gasteiger partial charge >= 0.3 is 0 Å². The van der Waals surface area contributed by atoms with Crippen molar-refractivity contribution in [3.63, 3.8) is 0 Å². The van der Waals surface area contributed by atoms with E-state index in [0.717, 1.165) is 10.2 Å². The van der Waals surface area contributed by atoms with Crippen LogP contribution in [0.25, 0.3) is 0 Å². The Balaban J connectivity index is 3.03. The fourth-order valence-corrected chi connectivity index (χ4v) is 2.11. The van der Waals surface area contributed by atoms with Crippen LogP contribution in [0, 0.1) is 0 Å². The van der Waals surface area contributed by atoms with Crippen molar-refractivity contribution in [1.29, 1.82) is 0 Å². The van der Waals surface area contributed by atoms with Crippen LogP contribution in [0.2, 0.25) is 0 Å². The van der Waals surface area contributed by atoms with Gasteiger partial charge in [-0.25, -0.2) is 0 Å². The first-order valence-corrected chi connectivity index (χ1v) is 7.04. The van der Waals surface area contributed by atoms with Crippen molar-refractivity contribution in [2.75, 3.05) is 13.1 Å². The molecule has 1 rings (SSSR count). The lowest BCUT2D eigenvalue weighted by Crippen LogP contribution is -2.30. The number of hydrogen-bond acceptors (Lipinski definition) is 2. The van der Waals surface area contributed by atoms with Crippen molar-refractivity contribution in [3.05, 3.63) is 28.2 Å². The van der Waals surface area contributed by atoms with Gasteiger partial charge in [-0.2, -0.15) is 0 Å². The van der Waals surface area contributed by atoms with E-state index in [9.17, 15) is 4.79 Å². The maximum atomic E-state index is 12.3. The Morgan fingerprint density at radius 1 is 1.33 bits per heavy atom. The number of benzene rings is 1. The van der Waals surface area contributed by atoms with Gasteiger partial charge in [0.15, 0.2) is 0 Å². The van der Waals surface area contributed by atoms with E-state index in [2.05, 4.69) is 15.9 Å². The fraction of sp³-hybridized carbons (Fsp3) is 0.500. The fourth-order valence-electron chi connectivity index (χ4n) is 1.69. The van der Waals surface area contributed by atoms with Crippen LogP contribution in [0.5, 0.6) is 5.75 Å². The average molecular weight is 314 g/mol. The van der Waals surface area contributed by atoms with E-state index in [4.69, 9.17) is 4.74 Å². The molecule has 3 nitrogen and oxygen atoms in total. The second-order valence-electron chi connectivity index (χ2n) is 4.29. The molecule has 0 saturated carbocycles. The molecule has 0 atom stereocenters. The van der Waals surface area contributed by atoms with Crippen LogP contribution in [-0.2, 0) is 0 Å². The third-order valence-electron chi connectivity index (χ3n) is 2.59. The molecule has 1 aromatic carbocycles. The summed E-state index contributed by atoms with van der Waals surface area (Å²) in [6.45, 7) is 9.30. The number of hydrogen-bond donors (Lipinski definition) is 0. The SMILES string of the molecule is CCN(CC)C(=O)c1cc(OC(C)C)ccc1Br. The predicted molar refractivity (Wildman–Crippen MR) is 77.2 cm³/mol. The summed E-state index contributed by atoms with van der Waals surface area (Å²) in [7, 11) is 0. The second-order valence-corrected chi connectivity index (χ2v) is 5.14. The van der Waals surface area contributed by atoms with Crippen molar-refractivity contribution in [1.82, 2.24) is 4.90 Å². The number of ether oxygens (including phenoxy) is 1. The lowest BCUT2D eigenvalue weighted by molar-refractivity contribution is 0.0771. The molecule has 0 radical (unpaired) electrons. The molecule has 18 heavy (non-hydrogen) atoms. The Morgan fingerprint density at radius 2 is 1.94 bits per heavy atom. The minimum atomic E-state index is 0.0288. The molecule has 1 amide bonds. The molecule has 0 spiro atoms. The molecule has 0 aliphatic rings. The number of amides is 1. The van der Waals surface area contributed by atoms with Crippen LogP contribution in [0.1, 0.15) is 38.1 Å². The van der Waals surface area contributed by atoms with Gasteiger partial charge in [0.05, 0.1) is 11.7 Å². The maximum absolute atomic E-state index is 12.3. The lowest BCUT2D eigenvalue weighted by Gasteiger charge is -2.20. The number of rotatable bonds is 5. The van der Waals surface area contributed by atoms with Gasteiger partial charge in [-0.05, 0) is 61.8 Å². The molecule has 100 valence electrons. The summed E-state index contributed by atoms with van der Waals surface area (Å²) >= 11 is 3.42. The van der Waals surface area contributed by atoms with E-state index in [1.165, 1.54) is 0 Å². The highest BCUT2D eigenvalue weighted by Crippen LogP contribution is 2.24. The molecule has 0 aromatic heterocycles. The van der Waals surface area contributed by atoms with Gasteiger partial charge in [-0.15, -0.1) is 0 Å². The molecule has 4 heteroatoms. The second kappa shape index (κ2) is 6.78. The van der Waals surface area contributed by atoms with Gasteiger partial charge in [0, 0.05) is 17.6 Å². The third-order valence-corrected chi connectivity index (χ3v) is 3.28. The van der Waals surface area contributed by atoms with E-state index in [-0.39, 0.29) is 12.0 Å². The summed E-state index contributed by atoms with van der Waals surface area (Å²) in [4.78, 5) is 14.1. The van der Waals surface area contributed by atoms with E-state index in [0.29, 0.717) is 18.7 Å². The standard InChI is InChI=1S/C14H20BrNO2/c1-5-16(6-2)14(17)12-9-11(18-10(3)4)7-8-13(12)15/h7-10H,5-6H2,1-4H3. The Hall–Kier alpha value is -1.03. The van der Waals surface area contributed by atoms with Gasteiger partial charge < -0.3 is 9.64 Å². The zero-order chi connectivity index (χ0) is 13.7. The molecule has 0 aliphatic heterocycles. The van der Waals surface area contributed by atoms with Crippen molar-refractivity contribution >= 4 is 21.8 Å². The molecule has 0 unspecified atom stereocenters. The predicted octanol–water partition coefficient (Wildman–Crippen LogP) is 3.72. The quantitative estimate of drug-likeness (QED) is 0.829. The normalized spacial score (nSPS) is 10.6. The Kier molecular flexibility index (Phi) is 5.66. The molecular formula is C14H20BrNO2. The summed E-state index contributed by atoms with van der Waals surface area (Å²) in [5.74, 6) is 0.754. The van der Waals surface area contributed by atoms with Crippen molar-refractivity contribution in [2.45, 2.75) is 33.8 Å². The van der Waals surface area contributed by atoms with Gasteiger partial charge in [0.2, 0.25) is 0 Å². The summed E-state index contributed by atoms with van der Waals surface area (Å²) < 4.78 is 6.42. The van der Waals surface area contributed by atoms with E-state index >= 15 is 0 Å². The molecular weight excluding hydrogens is 294 g/mol. The van der Waals surface area contributed by atoms with Crippen LogP contribution in [0.3, 0.4) is 0 Å². The van der Waals surface area contributed by atoms with Gasteiger partial charge in [-0.1, -0.05) is 0 Å². The molecule has 0 bridgehead atoms. The molecule has 0 heterocycles. The van der Waals surface area contributed by atoms with Gasteiger partial charge in [0.1, 0.15) is 5.75 Å². The molecule has 0 N–H and O–H groups in total. The van der Waals surface area contributed by atoms with Crippen LogP contribution in [-0.4, -0.2) is 30.0 Å². The zero-order valence-corrected chi connectivity index (χ0v) is 13.0. The summed E-state index contributed by atoms with van der Waals surface area (Å²) in [6.07, 6.45) is 0.0996. The summed E-state index contributed by atoms with van der Waals surface area (Å²) in [5, 5.41) is 0. The highest BCUT2D eigenvalue weighted by Gasteiger charge is 2.16. The highest BCUT2D eigenvalue weighted by atomic mass is 79.9. The molecule has 1 aromatic rings. The molecule has 0 aliphatic carbocycles. The first kappa shape index (κ1) is 15.0. The van der Waals surface area contributed by atoms with Crippen molar-refractivity contribution in [2.24, 2.45) is 0 Å². The zero-order valence-electron chi connectivity index (χ0n) is 11.4. The Labute approximate surface area is 117 Å². The molecule has 0 saturated heterocycles. The average Bonchev–Trinajstić information content (AvgIpc) is 2.32. The van der Waals surface area contributed by atoms with Gasteiger partial charge in [0.25, 0.3) is 5.91 Å². The van der Waals surface area contributed by atoms with E-state index in [1.807, 2.05) is 39.8 Å². The smallest absolute Gasteiger partial charge is 0.255 e. The third kappa shape index (κ3) is 3.73. The summed E-state index contributed by atoms with van der Waals surface area (Å²) in [6, 6.07) is 5.52. The number of nitrogens with zero attached hydrogens (tertiary/aromatic N) is 1. The maximum Gasteiger partial charge on any atom is 0.255 e. The van der Waals surface area contributed by atoms with Crippen LogP contribution in [0.4, 0.5) is 0 Å². The minimum absolute atomic E-state index is 0.0288. The van der Waals surface area contributed by atoms with Crippen LogP contribution >= 0.6 is 15.9 Å². The highest BCUT2D eigenvalue weighted by molar-refractivity contribution is 9.10. The molecule has 0 fully saturated rings. The van der Waals surface area contributed by atoms with Crippen LogP contribution in [0.15, 0.2) is 22.7 Å². The number of carbonyl (C=O) groups is 1. The first-order chi connectivity index (χ1) is 8.49. The van der Waals surface area contributed by atoms with Gasteiger partial charge in [-0.3, -0.25) is 4.79 Å². The van der Waals surface area contributed by atoms with Crippen molar-refractivity contribution in [3.8, 4) is 5.75 Å². The van der Waals surface area contributed by atoms with Crippen molar-refractivity contribution < 1.29 is 9.53 Å². The topological polar surface area (TPSA) is 29.5 Å². The Morgan fingerprint density at radius 3 is 2.44 bits per heavy atom.